The fourth-order valence-corrected chi connectivity index (χ4v) is 2.44. The van der Waals surface area contributed by atoms with E-state index in [-0.39, 0.29) is 5.91 Å². The topological polar surface area (TPSA) is 55.1 Å². The van der Waals surface area contributed by atoms with Crippen LogP contribution in [0.5, 0.6) is 0 Å². The van der Waals surface area contributed by atoms with E-state index in [9.17, 15) is 4.79 Å². The molecule has 0 aromatic heterocycles. The highest BCUT2D eigenvalue weighted by molar-refractivity contribution is 14.1. The van der Waals surface area contributed by atoms with Gasteiger partial charge in [-0.1, -0.05) is 30.3 Å². The molecule has 0 bridgehead atoms. The molecule has 2 aromatic rings. The van der Waals surface area contributed by atoms with Crippen LogP contribution < -0.4 is 11.1 Å². The zero-order valence-electron chi connectivity index (χ0n) is 10.6. The van der Waals surface area contributed by atoms with Gasteiger partial charge in [0.1, 0.15) is 0 Å². The van der Waals surface area contributed by atoms with Crippen molar-refractivity contribution in [2.45, 2.75) is 13.5 Å². The molecule has 3 N–H and O–H groups in total. The molecule has 19 heavy (non-hydrogen) atoms. The Morgan fingerprint density at radius 2 is 1.95 bits per heavy atom. The molecule has 0 aliphatic heterocycles. The Hall–Kier alpha value is -1.40. The van der Waals surface area contributed by atoms with Gasteiger partial charge in [0.15, 0.2) is 0 Å². The van der Waals surface area contributed by atoms with Gasteiger partial charge in [0.05, 0.1) is 5.56 Å². The van der Waals surface area contributed by atoms with Crippen LogP contribution in [-0.4, -0.2) is 5.91 Å². The van der Waals surface area contributed by atoms with Crippen LogP contribution in [0.1, 0.15) is 21.5 Å². The molecule has 4 heteroatoms. The minimum absolute atomic E-state index is 0.103. The van der Waals surface area contributed by atoms with E-state index >= 15 is 0 Å². The minimum atomic E-state index is -0.103. The normalized spacial score (nSPS) is 10.3. The molecule has 2 rings (SSSR count). The van der Waals surface area contributed by atoms with Crippen LogP contribution in [0, 0.1) is 10.5 Å². The lowest BCUT2D eigenvalue weighted by atomic mass is 10.1. The number of carbonyl (C=O) groups excluding carboxylic acids is 1. The number of anilines is 1. The Kier molecular flexibility index (Phi) is 4.55. The maximum Gasteiger partial charge on any atom is 0.256 e. The quantitative estimate of drug-likeness (QED) is 0.819. The molecule has 0 spiro atoms. The van der Waals surface area contributed by atoms with E-state index in [1.807, 2.05) is 49.4 Å². The largest absolute Gasteiger partial charge is 0.326 e. The second-order valence-corrected chi connectivity index (χ2v) is 5.33. The van der Waals surface area contributed by atoms with Gasteiger partial charge in [0.25, 0.3) is 5.91 Å². The summed E-state index contributed by atoms with van der Waals surface area (Å²) in [7, 11) is 0. The van der Waals surface area contributed by atoms with E-state index in [4.69, 9.17) is 5.73 Å². The number of rotatable bonds is 3. The standard InChI is InChI=1S/C15H15IN2O/c1-10-5-4-7-12(14(10)16)15(19)18-13-8-3-2-6-11(13)9-17/h2-8H,9,17H2,1H3,(H,18,19). The Morgan fingerprint density at radius 3 is 2.68 bits per heavy atom. The first kappa shape index (κ1) is 14.0. The molecule has 0 aliphatic carbocycles. The van der Waals surface area contributed by atoms with E-state index in [1.165, 1.54) is 0 Å². The number of carbonyl (C=O) groups is 1. The number of para-hydroxylation sites is 1. The summed E-state index contributed by atoms with van der Waals surface area (Å²) in [6.07, 6.45) is 0. The summed E-state index contributed by atoms with van der Waals surface area (Å²) in [6, 6.07) is 13.3. The SMILES string of the molecule is Cc1cccc(C(=O)Nc2ccccc2CN)c1I. The van der Waals surface area contributed by atoms with Crippen molar-refractivity contribution in [3.8, 4) is 0 Å². The van der Waals surface area contributed by atoms with Gasteiger partial charge >= 0.3 is 0 Å². The Bertz CT molecular complexity index is 611. The average molecular weight is 366 g/mol. The first-order chi connectivity index (χ1) is 9.13. The van der Waals surface area contributed by atoms with Gasteiger partial charge in [-0.05, 0) is 52.8 Å². The van der Waals surface area contributed by atoms with Crippen molar-refractivity contribution in [1.82, 2.24) is 0 Å². The molecule has 0 aliphatic rings. The van der Waals surface area contributed by atoms with Crippen molar-refractivity contribution >= 4 is 34.2 Å². The fourth-order valence-electron chi connectivity index (χ4n) is 1.83. The second kappa shape index (κ2) is 6.16. The summed E-state index contributed by atoms with van der Waals surface area (Å²) in [4.78, 5) is 12.3. The van der Waals surface area contributed by atoms with Gasteiger partial charge in [-0.25, -0.2) is 0 Å². The van der Waals surface area contributed by atoms with Gasteiger partial charge in [0, 0.05) is 15.8 Å². The Balaban J connectivity index is 2.28. The third-order valence-electron chi connectivity index (χ3n) is 2.92. The number of hydrogen-bond acceptors (Lipinski definition) is 2. The van der Waals surface area contributed by atoms with Crippen molar-refractivity contribution in [1.29, 1.82) is 0 Å². The molecule has 1 amide bonds. The van der Waals surface area contributed by atoms with E-state index in [2.05, 4.69) is 27.9 Å². The van der Waals surface area contributed by atoms with E-state index in [1.54, 1.807) is 0 Å². The smallest absolute Gasteiger partial charge is 0.256 e. The Labute approximate surface area is 126 Å². The number of nitrogens with two attached hydrogens (primary N) is 1. The van der Waals surface area contributed by atoms with Crippen LogP contribution in [-0.2, 0) is 6.54 Å². The molecule has 0 unspecified atom stereocenters. The summed E-state index contributed by atoms with van der Waals surface area (Å²) in [5.41, 5.74) is 9.15. The van der Waals surface area contributed by atoms with Gasteiger partial charge in [-0.3, -0.25) is 4.79 Å². The maximum atomic E-state index is 12.3. The molecule has 0 fully saturated rings. The number of halogens is 1. The molecule has 2 aromatic carbocycles. The number of aryl methyl sites for hydroxylation is 1. The summed E-state index contributed by atoms with van der Waals surface area (Å²) < 4.78 is 0.975. The molecular formula is C15H15IN2O. The molecule has 3 nitrogen and oxygen atoms in total. The van der Waals surface area contributed by atoms with Crippen LogP contribution in [0.25, 0.3) is 0 Å². The molecule has 0 atom stereocenters. The molecule has 0 radical (unpaired) electrons. The van der Waals surface area contributed by atoms with Crippen molar-refractivity contribution in [2.24, 2.45) is 5.73 Å². The summed E-state index contributed by atoms with van der Waals surface area (Å²) in [5.74, 6) is -0.103. The summed E-state index contributed by atoms with van der Waals surface area (Å²) in [5, 5.41) is 2.92. The first-order valence-corrected chi connectivity index (χ1v) is 7.06. The third-order valence-corrected chi connectivity index (χ3v) is 4.35. The number of benzene rings is 2. The summed E-state index contributed by atoms with van der Waals surface area (Å²) in [6.45, 7) is 2.40. The van der Waals surface area contributed by atoms with Crippen molar-refractivity contribution in [3.63, 3.8) is 0 Å². The predicted octanol–water partition coefficient (Wildman–Crippen LogP) is 3.31. The highest BCUT2D eigenvalue weighted by atomic mass is 127. The predicted molar refractivity (Wildman–Crippen MR) is 86.2 cm³/mol. The molecule has 0 saturated heterocycles. The Morgan fingerprint density at radius 1 is 1.21 bits per heavy atom. The van der Waals surface area contributed by atoms with Gasteiger partial charge in [-0.15, -0.1) is 0 Å². The monoisotopic (exact) mass is 366 g/mol. The highest BCUT2D eigenvalue weighted by Gasteiger charge is 2.12. The number of nitrogens with one attached hydrogen (secondary N) is 1. The lowest BCUT2D eigenvalue weighted by Crippen LogP contribution is -2.15. The van der Waals surface area contributed by atoms with Crippen molar-refractivity contribution in [3.05, 3.63) is 62.7 Å². The van der Waals surface area contributed by atoms with Gasteiger partial charge in [-0.2, -0.15) is 0 Å². The number of amides is 1. The van der Waals surface area contributed by atoms with E-state index < -0.39 is 0 Å². The molecule has 0 saturated carbocycles. The van der Waals surface area contributed by atoms with Crippen LogP contribution in [0.3, 0.4) is 0 Å². The van der Waals surface area contributed by atoms with Crippen LogP contribution in [0.4, 0.5) is 5.69 Å². The lowest BCUT2D eigenvalue weighted by molar-refractivity contribution is 0.102. The minimum Gasteiger partial charge on any atom is -0.326 e. The van der Waals surface area contributed by atoms with Crippen molar-refractivity contribution < 1.29 is 4.79 Å². The highest BCUT2D eigenvalue weighted by Crippen LogP contribution is 2.20. The van der Waals surface area contributed by atoms with E-state index in [0.717, 1.165) is 20.4 Å². The zero-order valence-corrected chi connectivity index (χ0v) is 12.8. The van der Waals surface area contributed by atoms with Gasteiger partial charge in [0.2, 0.25) is 0 Å². The first-order valence-electron chi connectivity index (χ1n) is 5.98. The van der Waals surface area contributed by atoms with Gasteiger partial charge < -0.3 is 11.1 Å². The van der Waals surface area contributed by atoms with Crippen LogP contribution in [0.15, 0.2) is 42.5 Å². The fraction of sp³-hybridized carbons (Fsp3) is 0.133. The van der Waals surface area contributed by atoms with E-state index in [0.29, 0.717) is 12.1 Å². The number of hydrogen-bond donors (Lipinski definition) is 2. The maximum absolute atomic E-state index is 12.3. The summed E-state index contributed by atoms with van der Waals surface area (Å²) >= 11 is 2.20. The molecule has 0 heterocycles. The zero-order chi connectivity index (χ0) is 13.8. The van der Waals surface area contributed by atoms with Crippen LogP contribution >= 0.6 is 22.6 Å². The molecule has 98 valence electrons. The van der Waals surface area contributed by atoms with Crippen LogP contribution in [0.2, 0.25) is 0 Å². The molecular weight excluding hydrogens is 351 g/mol. The lowest BCUT2D eigenvalue weighted by Gasteiger charge is -2.11. The average Bonchev–Trinajstić information content (AvgIpc) is 2.42. The third kappa shape index (κ3) is 3.13. The second-order valence-electron chi connectivity index (χ2n) is 4.25. The van der Waals surface area contributed by atoms with Crippen molar-refractivity contribution in [2.75, 3.05) is 5.32 Å².